The van der Waals surface area contributed by atoms with E-state index in [4.69, 9.17) is 13.9 Å². The van der Waals surface area contributed by atoms with Crippen LogP contribution >= 0.6 is 0 Å². The van der Waals surface area contributed by atoms with E-state index in [1.54, 1.807) is 19.2 Å². The van der Waals surface area contributed by atoms with Crippen LogP contribution in [0.25, 0.3) is 21.7 Å². The molecule has 0 radical (unpaired) electrons. The number of carbonyl (C=O) groups is 1. The molecule has 4 aromatic rings. The van der Waals surface area contributed by atoms with Crippen LogP contribution in [0, 0.1) is 0 Å². The van der Waals surface area contributed by atoms with E-state index >= 15 is 0 Å². The van der Waals surface area contributed by atoms with Gasteiger partial charge in [0, 0.05) is 5.39 Å². The predicted molar refractivity (Wildman–Crippen MR) is 118 cm³/mol. The zero-order valence-electron chi connectivity index (χ0n) is 17.0. The van der Waals surface area contributed by atoms with Crippen molar-refractivity contribution in [2.75, 3.05) is 7.11 Å². The molecule has 1 N–H and O–H groups in total. The number of ether oxygens (including phenoxy) is 2. The van der Waals surface area contributed by atoms with Gasteiger partial charge in [0.2, 0.25) is 0 Å². The summed E-state index contributed by atoms with van der Waals surface area (Å²) in [7, 11) is 1.58. The van der Waals surface area contributed by atoms with Crippen molar-refractivity contribution < 1.29 is 18.7 Å². The van der Waals surface area contributed by atoms with Crippen molar-refractivity contribution in [3.63, 3.8) is 0 Å². The molecule has 0 saturated heterocycles. The molecular weight excluding hydrogens is 380 g/mol. The van der Waals surface area contributed by atoms with E-state index in [9.17, 15) is 4.79 Å². The average molecular weight is 402 g/mol. The number of hydrazone groups is 1. The van der Waals surface area contributed by atoms with E-state index in [-0.39, 0.29) is 11.9 Å². The number of fused-ring (bicyclic) bond motifs is 3. The van der Waals surface area contributed by atoms with E-state index in [0.29, 0.717) is 17.1 Å². The molecular formula is C24H22N2O4. The first-order chi connectivity index (χ1) is 14.5. The molecule has 0 aliphatic carbocycles. The minimum absolute atomic E-state index is 0.0404. The lowest BCUT2D eigenvalue weighted by Gasteiger charge is -2.13. The van der Waals surface area contributed by atoms with E-state index in [1.807, 2.05) is 62.4 Å². The fourth-order valence-corrected chi connectivity index (χ4v) is 3.24. The van der Waals surface area contributed by atoms with Crippen molar-refractivity contribution in [1.29, 1.82) is 0 Å². The highest BCUT2D eigenvalue weighted by atomic mass is 16.5. The van der Waals surface area contributed by atoms with E-state index in [2.05, 4.69) is 10.5 Å². The Hall–Kier alpha value is -3.80. The largest absolute Gasteiger partial charge is 0.493 e. The van der Waals surface area contributed by atoms with Gasteiger partial charge in [-0.3, -0.25) is 4.79 Å². The van der Waals surface area contributed by atoms with Crippen LogP contribution in [0.2, 0.25) is 0 Å². The molecule has 1 aromatic heterocycles. The second-order valence-corrected chi connectivity index (χ2v) is 7.09. The van der Waals surface area contributed by atoms with Gasteiger partial charge in [-0.25, -0.2) is 5.43 Å². The molecule has 0 atom stereocenters. The number of methoxy groups -OCH3 is 1. The summed E-state index contributed by atoms with van der Waals surface area (Å²) in [4.78, 5) is 12.5. The number of rotatable bonds is 6. The molecule has 0 aliphatic rings. The van der Waals surface area contributed by atoms with Crippen LogP contribution in [0.1, 0.15) is 30.0 Å². The Morgan fingerprint density at radius 2 is 1.87 bits per heavy atom. The van der Waals surface area contributed by atoms with Gasteiger partial charge in [0.1, 0.15) is 5.58 Å². The highest BCUT2D eigenvalue weighted by molar-refractivity contribution is 6.08. The van der Waals surface area contributed by atoms with Gasteiger partial charge in [0.15, 0.2) is 17.3 Å². The second kappa shape index (κ2) is 8.29. The fourth-order valence-electron chi connectivity index (χ4n) is 3.24. The van der Waals surface area contributed by atoms with Crippen molar-refractivity contribution in [3.05, 3.63) is 72.0 Å². The topological polar surface area (TPSA) is 73.1 Å². The van der Waals surface area contributed by atoms with Crippen LogP contribution in [0.4, 0.5) is 0 Å². The van der Waals surface area contributed by atoms with Gasteiger partial charge in [0.25, 0.3) is 0 Å². The lowest BCUT2D eigenvalue weighted by atomic mass is 10.1. The highest BCUT2D eigenvalue weighted by Gasteiger charge is 2.13. The molecule has 0 unspecified atom stereocenters. The molecule has 6 heteroatoms. The lowest BCUT2D eigenvalue weighted by Crippen LogP contribution is -2.16. The Bertz CT molecular complexity index is 1240. The van der Waals surface area contributed by atoms with E-state index in [1.165, 1.54) is 6.21 Å². The van der Waals surface area contributed by atoms with Crippen molar-refractivity contribution in [2.45, 2.75) is 20.0 Å². The smallest absolute Gasteiger partial charge is 0.307 e. The van der Waals surface area contributed by atoms with Gasteiger partial charge in [-0.2, -0.15) is 5.10 Å². The lowest BCUT2D eigenvalue weighted by molar-refractivity contribution is 0.0929. The summed E-state index contributed by atoms with van der Waals surface area (Å²) in [5.74, 6) is 1.04. The van der Waals surface area contributed by atoms with Gasteiger partial charge in [-0.1, -0.05) is 30.3 Å². The Balaban J connectivity index is 1.50. The van der Waals surface area contributed by atoms with Gasteiger partial charge in [-0.05, 0) is 60.5 Å². The number of furan rings is 1. The molecule has 1 heterocycles. The molecule has 0 saturated carbocycles. The number of hydrogen-bond acceptors (Lipinski definition) is 5. The minimum atomic E-state index is -0.418. The summed E-state index contributed by atoms with van der Waals surface area (Å²) in [5.41, 5.74) is 3.93. The number of carbonyl (C=O) groups excluding carboxylic acids is 1. The Morgan fingerprint density at radius 1 is 1.03 bits per heavy atom. The maximum atomic E-state index is 12.5. The van der Waals surface area contributed by atoms with Crippen molar-refractivity contribution >= 4 is 33.9 Å². The molecule has 0 fully saturated rings. The SMILES string of the molecule is COc1cc(/C=N/NC(=O)c2cc3c(ccc4ccccc43)o2)ccc1OC(C)C. The number of nitrogens with one attached hydrogen (secondary N) is 1. The van der Waals surface area contributed by atoms with Crippen LogP contribution in [-0.2, 0) is 0 Å². The summed E-state index contributed by atoms with van der Waals surface area (Å²) in [6, 6.07) is 19.0. The van der Waals surface area contributed by atoms with E-state index < -0.39 is 5.91 Å². The summed E-state index contributed by atoms with van der Waals surface area (Å²) >= 11 is 0. The third kappa shape index (κ3) is 3.98. The van der Waals surface area contributed by atoms with Crippen molar-refractivity contribution in [3.8, 4) is 11.5 Å². The first-order valence-corrected chi connectivity index (χ1v) is 9.64. The molecule has 0 aliphatic heterocycles. The highest BCUT2D eigenvalue weighted by Crippen LogP contribution is 2.29. The second-order valence-electron chi connectivity index (χ2n) is 7.09. The maximum Gasteiger partial charge on any atom is 0.307 e. The van der Waals surface area contributed by atoms with Crippen LogP contribution in [0.3, 0.4) is 0 Å². The molecule has 6 nitrogen and oxygen atoms in total. The third-order valence-corrected chi connectivity index (χ3v) is 4.58. The molecule has 4 rings (SSSR count). The zero-order chi connectivity index (χ0) is 21.1. The summed E-state index contributed by atoms with van der Waals surface area (Å²) < 4.78 is 16.8. The monoisotopic (exact) mass is 402 g/mol. The summed E-state index contributed by atoms with van der Waals surface area (Å²) in [6.45, 7) is 3.90. The Morgan fingerprint density at radius 3 is 2.67 bits per heavy atom. The van der Waals surface area contributed by atoms with Gasteiger partial charge in [-0.15, -0.1) is 0 Å². The van der Waals surface area contributed by atoms with Crippen LogP contribution in [0.15, 0.2) is 70.2 Å². The molecule has 30 heavy (non-hydrogen) atoms. The van der Waals surface area contributed by atoms with Crippen LogP contribution < -0.4 is 14.9 Å². The number of amides is 1. The van der Waals surface area contributed by atoms with Crippen molar-refractivity contribution in [2.24, 2.45) is 5.10 Å². The summed E-state index contributed by atoms with van der Waals surface area (Å²) in [5, 5.41) is 7.06. The summed E-state index contributed by atoms with van der Waals surface area (Å²) in [6.07, 6.45) is 1.58. The van der Waals surface area contributed by atoms with E-state index in [0.717, 1.165) is 21.7 Å². The zero-order valence-corrected chi connectivity index (χ0v) is 17.0. The molecule has 0 bridgehead atoms. The Labute approximate surface area is 174 Å². The molecule has 152 valence electrons. The third-order valence-electron chi connectivity index (χ3n) is 4.58. The number of benzene rings is 3. The average Bonchev–Trinajstić information content (AvgIpc) is 3.19. The number of hydrogen-bond donors (Lipinski definition) is 1. The van der Waals surface area contributed by atoms with Crippen LogP contribution in [-0.4, -0.2) is 25.3 Å². The van der Waals surface area contributed by atoms with Crippen molar-refractivity contribution in [1.82, 2.24) is 5.43 Å². The fraction of sp³-hybridized carbons (Fsp3) is 0.167. The van der Waals surface area contributed by atoms with Gasteiger partial charge < -0.3 is 13.9 Å². The van der Waals surface area contributed by atoms with Crippen LogP contribution in [0.5, 0.6) is 11.5 Å². The Kier molecular flexibility index (Phi) is 5.39. The standard InChI is InChI=1S/C24H22N2O4/c1-15(2)29-21-10-8-16(12-22(21)28-3)14-25-26-24(27)23-13-19-18-7-5-4-6-17(18)9-11-20(19)30-23/h4-15H,1-3H3,(H,26,27)/b25-14+. The minimum Gasteiger partial charge on any atom is -0.493 e. The number of nitrogens with zero attached hydrogens (tertiary/aromatic N) is 1. The first-order valence-electron chi connectivity index (χ1n) is 9.64. The van der Waals surface area contributed by atoms with Gasteiger partial charge in [0.05, 0.1) is 19.4 Å². The predicted octanol–water partition coefficient (Wildman–Crippen LogP) is 5.15. The molecule has 3 aromatic carbocycles. The molecule has 0 spiro atoms. The normalized spacial score (nSPS) is 11.5. The quantitative estimate of drug-likeness (QED) is 0.358. The first kappa shape index (κ1) is 19.5. The van der Waals surface area contributed by atoms with Gasteiger partial charge >= 0.3 is 5.91 Å². The maximum absolute atomic E-state index is 12.5. The molecule has 1 amide bonds.